The summed E-state index contributed by atoms with van der Waals surface area (Å²) in [6.45, 7) is 6.13. The summed E-state index contributed by atoms with van der Waals surface area (Å²) >= 11 is 0. The summed E-state index contributed by atoms with van der Waals surface area (Å²) in [7, 11) is 1.41. The zero-order valence-electron chi connectivity index (χ0n) is 10.2. The van der Waals surface area contributed by atoms with E-state index in [0.29, 0.717) is 0 Å². The third-order valence-corrected chi connectivity index (χ3v) is 10.0. The van der Waals surface area contributed by atoms with Gasteiger partial charge in [0.25, 0.3) is 0 Å². The van der Waals surface area contributed by atoms with Gasteiger partial charge < -0.3 is 0 Å². The van der Waals surface area contributed by atoms with Crippen LogP contribution in [0.25, 0.3) is 0 Å². The zero-order chi connectivity index (χ0) is 10.6. The SMILES string of the molecule is C=CCCCCCCCC[SiH]([SiH3])CC. The summed E-state index contributed by atoms with van der Waals surface area (Å²) in [5.74, 6) is 0. The van der Waals surface area contributed by atoms with Crippen LogP contribution in [0, 0.1) is 0 Å². The first-order chi connectivity index (χ1) is 6.81. The van der Waals surface area contributed by atoms with Crippen LogP contribution in [0.5, 0.6) is 0 Å². The molecule has 0 saturated carbocycles. The molecule has 1 unspecified atom stereocenters. The van der Waals surface area contributed by atoms with E-state index < -0.39 is 0 Å². The maximum atomic E-state index is 3.75. The highest BCUT2D eigenvalue weighted by Crippen LogP contribution is 2.10. The normalized spacial score (nSPS) is 12.9. The Balaban J connectivity index is 2.95. The van der Waals surface area contributed by atoms with E-state index in [1.165, 1.54) is 54.7 Å². The van der Waals surface area contributed by atoms with E-state index in [0.717, 1.165) is 0 Å². The highest BCUT2D eigenvalue weighted by atomic mass is 29.1. The number of unbranched alkanes of at least 4 members (excludes halogenated alkanes) is 6. The first kappa shape index (κ1) is 14.2. The summed E-state index contributed by atoms with van der Waals surface area (Å²) in [5, 5.41) is 0. The molecule has 0 aliphatic rings. The molecule has 0 N–H and O–H groups in total. The van der Waals surface area contributed by atoms with Crippen LogP contribution in [0.3, 0.4) is 0 Å². The van der Waals surface area contributed by atoms with Gasteiger partial charge in [-0.2, -0.15) is 0 Å². The lowest BCUT2D eigenvalue weighted by atomic mass is 10.1. The fourth-order valence-electron chi connectivity index (χ4n) is 1.69. The topological polar surface area (TPSA) is 0 Å². The van der Waals surface area contributed by atoms with Gasteiger partial charge in [-0.3, -0.25) is 0 Å². The molecule has 0 bridgehead atoms. The maximum absolute atomic E-state index is 3.75. The van der Waals surface area contributed by atoms with Crippen molar-refractivity contribution in [2.75, 3.05) is 0 Å². The van der Waals surface area contributed by atoms with Crippen molar-refractivity contribution < 1.29 is 0 Å². The quantitative estimate of drug-likeness (QED) is 0.306. The van der Waals surface area contributed by atoms with Crippen LogP contribution in [0.4, 0.5) is 0 Å². The van der Waals surface area contributed by atoms with E-state index >= 15 is 0 Å². The lowest BCUT2D eigenvalue weighted by Crippen LogP contribution is -2.09. The standard InChI is InChI=1S/C12H28Si2/c1-3-5-6-7-8-9-10-11-12-14(13)4-2/h3,14H,1,4-12H2,2,13H3. The lowest BCUT2D eigenvalue weighted by Gasteiger charge is -2.05. The average molecular weight is 229 g/mol. The summed E-state index contributed by atoms with van der Waals surface area (Å²) < 4.78 is 0. The second-order valence-corrected chi connectivity index (χ2v) is 13.0. The van der Waals surface area contributed by atoms with Gasteiger partial charge in [0.05, 0.1) is 0 Å². The van der Waals surface area contributed by atoms with E-state index in [1.54, 1.807) is 12.1 Å². The Morgan fingerprint density at radius 2 is 1.64 bits per heavy atom. The van der Waals surface area contributed by atoms with Crippen LogP contribution in [-0.4, -0.2) is 18.1 Å². The molecule has 0 aliphatic heterocycles. The predicted molar refractivity (Wildman–Crippen MR) is 74.9 cm³/mol. The van der Waals surface area contributed by atoms with Gasteiger partial charge in [-0.25, -0.2) is 0 Å². The molecule has 0 aromatic rings. The Labute approximate surface area is 95.0 Å². The molecule has 0 rings (SSSR count). The van der Waals surface area contributed by atoms with Gasteiger partial charge in [0.1, 0.15) is 0 Å². The minimum absolute atomic E-state index is 0.126. The van der Waals surface area contributed by atoms with Gasteiger partial charge in [0, 0.05) is 8.31 Å². The highest BCUT2D eigenvalue weighted by molar-refractivity contribution is 7.03. The van der Waals surface area contributed by atoms with Crippen molar-refractivity contribution in [2.24, 2.45) is 0 Å². The Morgan fingerprint density at radius 3 is 2.21 bits per heavy atom. The molecule has 0 aromatic carbocycles. The number of rotatable bonds is 10. The van der Waals surface area contributed by atoms with Crippen molar-refractivity contribution >= 4 is 18.1 Å². The Bertz CT molecular complexity index is 123. The van der Waals surface area contributed by atoms with Crippen molar-refractivity contribution in [3.05, 3.63) is 12.7 Å². The molecule has 0 nitrogen and oxygen atoms in total. The van der Waals surface area contributed by atoms with Crippen molar-refractivity contribution in [1.82, 2.24) is 0 Å². The second-order valence-electron chi connectivity index (χ2n) is 4.50. The van der Waals surface area contributed by atoms with Crippen molar-refractivity contribution in [3.63, 3.8) is 0 Å². The lowest BCUT2D eigenvalue weighted by molar-refractivity contribution is 0.610. The van der Waals surface area contributed by atoms with Gasteiger partial charge in [-0.15, -0.1) is 6.58 Å². The van der Waals surface area contributed by atoms with Crippen LogP contribution >= 0.6 is 0 Å². The van der Waals surface area contributed by atoms with Gasteiger partial charge in [-0.1, -0.05) is 57.2 Å². The van der Waals surface area contributed by atoms with E-state index in [4.69, 9.17) is 0 Å². The number of allylic oxidation sites excluding steroid dienone is 1. The van der Waals surface area contributed by atoms with Gasteiger partial charge in [0.15, 0.2) is 0 Å². The largest absolute Gasteiger partial charge is 0.103 e. The molecule has 0 amide bonds. The van der Waals surface area contributed by atoms with Crippen molar-refractivity contribution in [2.45, 2.75) is 64.0 Å². The molecule has 0 radical (unpaired) electrons. The van der Waals surface area contributed by atoms with E-state index in [9.17, 15) is 0 Å². The fourth-order valence-corrected chi connectivity index (χ4v) is 4.31. The van der Waals surface area contributed by atoms with E-state index in [-0.39, 0.29) is 8.31 Å². The predicted octanol–water partition coefficient (Wildman–Crippen LogP) is 3.01. The molecular weight excluding hydrogens is 200 g/mol. The third kappa shape index (κ3) is 10.3. The van der Waals surface area contributed by atoms with Gasteiger partial charge in [-0.05, 0) is 22.6 Å². The summed E-state index contributed by atoms with van der Waals surface area (Å²) in [5.41, 5.74) is 0. The summed E-state index contributed by atoms with van der Waals surface area (Å²) in [4.78, 5) is 0. The first-order valence-electron chi connectivity index (χ1n) is 6.42. The first-order valence-corrected chi connectivity index (χ1v) is 12.7. The minimum atomic E-state index is -0.126. The monoisotopic (exact) mass is 228 g/mol. The molecule has 0 fully saturated rings. The minimum Gasteiger partial charge on any atom is -0.103 e. The van der Waals surface area contributed by atoms with Crippen LogP contribution < -0.4 is 0 Å². The summed E-state index contributed by atoms with van der Waals surface area (Å²) in [6.07, 6.45) is 12.0. The van der Waals surface area contributed by atoms with Crippen LogP contribution in [0.1, 0.15) is 51.9 Å². The Kier molecular flexibility index (Phi) is 11.4. The van der Waals surface area contributed by atoms with Crippen molar-refractivity contribution in [3.8, 4) is 0 Å². The molecule has 14 heavy (non-hydrogen) atoms. The van der Waals surface area contributed by atoms with Gasteiger partial charge in [0.2, 0.25) is 0 Å². The Morgan fingerprint density at radius 1 is 1.07 bits per heavy atom. The smallest absolute Gasteiger partial charge is 0.0199 e. The van der Waals surface area contributed by atoms with E-state index in [1.807, 2.05) is 6.08 Å². The fraction of sp³-hybridized carbons (Fsp3) is 0.833. The number of hydrogen-bond acceptors (Lipinski definition) is 0. The molecule has 0 aromatic heterocycles. The molecular formula is C12H28Si2. The zero-order valence-corrected chi connectivity index (χ0v) is 13.4. The highest BCUT2D eigenvalue weighted by Gasteiger charge is 1.99. The molecule has 0 spiro atoms. The van der Waals surface area contributed by atoms with Crippen LogP contribution in [-0.2, 0) is 0 Å². The van der Waals surface area contributed by atoms with Crippen LogP contribution in [0.15, 0.2) is 12.7 Å². The average Bonchev–Trinajstić information content (AvgIpc) is 2.21. The van der Waals surface area contributed by atoms with Crippen LogP contribution in [0.2, 0.25) is 12.1 Å². The molecule has 84 valence electrons. The third-order valence-electron chi connectivity index (χ3n) is 3.05. The van der Waals surface area contributed by atoms with E-state index in [2.05, 4.69) is 13.5 Å². The molecule has 0 saturated heterocycles. The second kappa shape index (κ2) is 11.2. The number of hydrogen-bond donors (Lipinski definition) is 0. The molecule has 1 atom stereocenters. The van der Waals surface area contributed by atoms with Crippen molar-refractivity contribution in [1.29, 1.82) is 0 Å². The molecule has 0 aliphatic carbocycles. The Hall–Kier alpha value is 0.174. The summed E-state index contributed by atoms with van der Waals surface area (Å²) in [6, 6.07) is 3.18. The van der Waals surface area contributed by atoms with Gasteiger partial charge >= 0.3 is 0 Å². The maximum Gasteiger partial charge on any atom is 0.0199 e. The molecule has 2 heteroatoms. The molecule has 0 heterocycles.